The van der Waals surface area contributed by atoms with E-state index in [1.54, 1.807) is 18.2 Å². The summed E-state index contributed by atoms with van der Waals surface area (Å²) in [6.07, 6.45) is 1.94. The van der Waals surface area contributed by atoms with Gasteiger partial charge >= 0.3 is 0 Å². The maximum Gasteiger partial charge on any atom is 0.265 e. The maximum absolute atomic E-state index is 12.6. The minimum absolute atomic E-state index is 0.144. The Kier molecular flexibility index (Phi) is 4.34. The Morgan fingerprint density at radius 2 is 2.07 bits per heavy atom. The molecule has 2 N–H and O–H groups in total. The molecule has 0 aliphatic rings. The first kappa shape index (κ1) is 17.6. The lowest BCUT2D eigenvalue weighted by molar-refractivity contribution is 0.103. The third-order valence-corrected chi connectivity index (χ3v) is 5.61. The predicted molar refractivity (Wildman–Crippen MR) is 114 cm³/mol. The number of hydrogen-bond acceptors (Lipinski definition) is 5. The predicted octanol–water partition coefficient (Wildman–Crippen LogP) is 4.78. The van der Waals surface area contributed by atoms with Crippen molar-refractivity contribution in [2.45, 2.75) is 0 Å². The number of carbonyl (C=O) groups is 1. The SMILES string of the molecule is O=C(Nc1cccc2ccn(-c3ccc(Cl)cc3-c3nn[nH]n3)c12)c1cccs1. The minimum Gasteiger partial charge on any atom is -0.319 e. The molecule has 1 amide bonds. The van der Waals surface area contributed by atoms with Gasteiger partial charge in [-0.2, -0.15) is 5.21 Å². The lowest BCUT2D eigenvalue weighted by atomic mass is 10.1. The highest BCUT2D eigenvalue weighted by Gasteiger charge is 2.17. The first-order valence-electron chi connectivity index (χ1n) is 8.69. The number of thiophene rings is 1. The number of anilines is 1. The number of benzene rings is 2. The van der Waals surface area contributed by atoms with E-state index in [1.165, 1.54) is 11.3 Å². The summed E-state index contributed by atoms with van der Waals surface area (Å²) in [6.45, 7) is 0. The fraction of sp³-hybridized carbons (Fsp3) is 0. The Hall–Kier alpha value is -3.49. The van der Waals surface area contributed by atoms with Crippen LogP contribution in [0.5, 0.6) is 0 Å². The molecule has 9 heteroatoms. The molecule has 29 heavy (non-hydrogen) atoms. The Bertz CT molecular complexity index is 1310. The third kappa shape index (κ3) is 3.18. The smallest absolute Gasteiger partial charge is 0.265 e. The van der Waals surface area contributed by atoms with Gasteiger partial charge in [0.15, 0.2) is 0 Å². The zero-order chi connectivity index (χ0) is 19.8. The van der Waals surface area contributed by atoms with E-state index in [4.69, 9.17) is 11.6 Å². The highest BCUT2D eigenvalue weighted by molar-refractivity contribution is 7.12. The summed E-state index contributed by atoms with van der Waals surface area (Å²) in [4.78, 5) is 13.3. The zero-order valence-corrected chi connectivity index (χ0v) is 16.4. The van der Waals surface area contributed by atoms with Crippen molar-refractivity contribution in [3.8, 4) is 17.1 Å². The number of nitrogens with one attached hydrogen (secondary N) is 2. The average Bonchev–Trinajstić information content (AvgIpc) is 3.49. The van der Waals surface area contributed by atoms with Crippen LogP contribution in [0.1, 0.15) is 9.67 Å². The Morgan fingerprint density at radius 1 is 1.14 bits per heavy atom. The second-order valence-corrected chi connectivity index (χ2v) is 7.64. The van der Waals surface area contributed by atoms with Crippen LogP contribution in [0.25, 0.3) is 28.0 Å². The van der Waals surface area contributed by atoms with Crippen molar-refractivity contribution < 1.29 is 4.79 Å². The average molecular weight is 421 g/mol. The number of carbonyl (C=O) groups excluding carboxylic acids is 1. The lowest BCUT2D eigenvalue weighted by Crippen LogP contribution is -2.11. The highest BCUT2D eigenvalue weighted by atomic mass is 35.5. The fourth-order valence-electron chi connectivity index (χ4n) is 3.26. The number of hydrogen-bond donors (Lipinski definition) is 2. The van der Waals surface area contributed by atoms with Gasteiger partial charge in [-0.15, -0.1) is 21.5 Å². The summed E-state index contributed by atoms with van der Waals surface area (Å²) in [5.74, 6) is 0.291. The molecule has 2 aromatic carbocycles. The van der Waals surface area contributed by atoms with E-state index in [-0.39, 0.29) is 5.91 Å². The molecule has 7 nitrogen and oxygen atoms in total. The number of nitrogens with zero attached hydrogens (tertiary/aromatic N) is 4. The number of halogens is 1. The molecular weight excluding hydrogens is 408 g/mol. The first-order chi connectivity index (χ1) is 14.2. The molecule has 0 bridgehead atoms. The first-order valence-corrected chi connectivity index (χ1v) is 9.95. The van der Waals surface area contributed by atoms with Crippen molar-refractivity contribution in [3.05, 3.63) is 76.1 Å². The standard InChI is InChI=1S/C20H13ClN6OS/c21-13-6-7-16(14(11-13)19-23-25-26-24-19)27-9-8-12-3-1-4-15(18(12)27)22-20(28)17-5-2-10-29-17/h1-11H,(H,22,28)(H,23,24,25,26). The Labute approximate surface area is 173 Å². The van der Waals surface area contributed by atoms with Crippen LogP contribution >= 0.6 is 22.9 Å². The van der Waals surface area contributed by atoms with Gasteiger partial charge in [0, 0.05) is 22.2 Å². The van der Waals surface area contributed by atoms with Gasteiger partial charge in [0.05, 0.1) is 21.8 Å². The van der Waals surface area contributed by atoms with Crippen LogP contribution in [0, 0.1) is 0 Å². The fourth-order valence-corrected chi connectivity index (χ4v) is 4.05. The van der Waals surface area contributed by atoms with Gasteiger partial charge in [0.1, 0.15) is 0 Å². The number of para-hydroxylation sites is 1. The van der Waals surface area contributed by atoms with Gasteiger partial charge < -0.3 is 9.88 Å². The molecule has 0 radical (unpaired) electrons. The van der Waals surface area contributed by atoms with Gasteiger partial charge in [-0.3, -0.25) is 4.79 Å². The second-order valence-electron chi connectivity index (χ2n) is 6.26. The molecular formula is C20H13ClN6OS. The van der Waals surface area contributed by atoms with Crippen molar-refractivity contribution in [3.63, 3.8) is 0 Å². The third-order valence-electron chi connectivity index (χ3n) is 4.51. The molecule has 3 heterocycles. The van der Waals surface area contributed by atoms with Gasteiger partial charge in [-0.05, 0) is 47.0 Å². The molecule has 0 aliphatic carbocycles. The summed E-state index contributed by atoms with van der Waals surface area (Å²) in [5, 5.41) is 20.8. The summed E-state index contributed by atoms with van der Waals surface area (Å²) in [6, 6.07) is 16.9. The van der Waals surface area contributed by atoms with Gasteiger partial charge in [-0.25, -0.2) is 0 Å². The Balaban J connectivity index is 1.67. The topological polar surface area (TPSA) is 88.5 Å². The van der Waals surface area contributed by atoms with E-state index in [0.717, 1.165) is 22.2 Å². The molecule has 0 spiro atoms. The van der Waals surface area contributed by atoms with E-state index >= 15 is 0 Å². The van der Waals surface area contributed by atoms with E-state index in [0.29, 0.717) is 21.4 Å². The quantitative estimate of drug-likeness (QED) is 0.438. The summed E-state index contributed by atoms with van der Waals surface area (Å²) < 4.78 is 1.99. The lowest BCUT2D eigenvalue weighted by Gasteiger charge is -2.13. The van der Waals surface area contributed by atoms with Crippen LogP contribution in [-0.4, -0.2) is 31.1 Å². The second kappa shape index (κ2) is 7.16. The molecule has 5 aromatic rings. The van der Waals surface area contributed by atoms with E-state index < -0.39 is 0 Å². The zero-order valence-electron chi connectivity index (χ0n) is 14.8. The molecule has 0 aliphatic heterocycles. The largest absolute Gasteiger partial charge is 0.319 e. The van der Waals surface area contributed by atoms with Crippen molar-refractivity contribution in [1.82, 2.24) is 25.2 Å². The number of rotatable bonds is 4. The number of tetrazole rings is 1. The summed E-state index contributed by atoms with van der Waals surface area (Å²) in [5.41, 5.74) is 3.12. The monoisotopic (exact) mass is 420 g/mol. The molecule has 0 atom stereocenters. The number of aromatic amines is 1. The molecule has 0 fully saturated rings. The molecule has 0 unspecified atom stereocenters. The van der Waals surface area contributed by atoms with Gasteiger partial charge in [0.25, 0.3) is 5.91 Å². The van der Waals surface area contributed by atoms with E-state index in [1.807, 2.05) is 52.5 Å². The minimum atomic E-state index is -0.144. The van der Waals surface area contributed by atoms with Gasteiger partial charge in [0.2, 0.25) is 5.82 Å². The molecule has 0 saturated carbocycles. The molecule has 5 rings (SSSR count). The van der Waals surface area contributed by atoms with Crippen LogP contribution < -0.4 is 5.32 Å². The van der Waals surface area contributed by atoms with Crippen molar-refractivity contribution >= 4 is 45.4 Å². The molecule has 142 valence electrons. The normalized spacial score (nSPS) is 11.1. The van der Waals surface area contributed by atoms with Crippen LogP contribution in [0.4, 0.5) is 5.69 Å². The number of amides is 1. The highest BCUT2D eigenvalue weighted by Crippen LogP contribution is 2.33. The van der Waals surface area contributed by atoms with Crippen molar-refractivity contribution in [1.29, 1.82) is 0 Å². The maximum atomic E-state index is 12.6. The van der Waals surface area contributed by atoms with E-state index in [2.05, 4.69) is 25.9 Å². The van der Waals surface area contributed by atoms with Crippen LogP contribution in [0.3, 0.4) is 0 Å². The van der Waals surface area contributed by atoms with E-state index in [9.17, 15) is 4.79 Å². The van der Waals surface area contributed by atoms with Crippen LogP contribution in [0.15, 0.2) is 66.2 Å². The molecule has 0 saturated heterocycles. The summed E-state index contributed by atoms with van der Waals surface area (Å²) >= 11 is 7.62. The number of fused-ring (bicyclic) bond motifs is 1. The molecule has 3 aromatic heterocycles. The van der Waals surface area contributed by atoms with Crippen molar-refractivity contribution in [2.24, 2.45) is 0 Å². The van der Waals surface area contributed by atoms with Crippen LogP contribution in [-0.2, 0) is 0 Å². The van der Waals surface area contributed by atoms with Gasteiger partial charge in [-0.1, -0.05) is 29.8 Å². The van der Waals surface area contributed by atoms with Crippen molar-refractivity contribution in [2.75, 3.05) is 5.32 Å². The Morgan fingerprint density at radius 3 is 2.86 bits per heavy atom. The number of aromatic nitrogens is 5. The summed E-state index contributed by atoms with van der Waals surface area (Å²) in [7, 11) is 0. The van der Waals surface area contributed by atoms with Crippen LogP contribution in [0.2, 0.25) is 5.02 Å². The number of H-pyrrole nitrogens is 1.